The van der Waals surface area contributed by atoms with Crippen LogP contribution >= 0.6 is 0 Å². The van der Waals surface area contributed by atoms with E-state index in [0.717, 1.165) is 27.8 Å². The van der Waals surface area contributed by atoms with Gasteiger partial charge in [0.2, 0.25) is 6.79 Å². The maximum absolute atomic E-state index is 13.7. The van der Waals surface area contributed by atoms with Gasteiger partial charge in [0.1, 0.15) is 0 Å². The second-order valence-electron chi connectivity index (χ2n) is 8.61. The number of carbonyl (C=O) groups excluding carboxylic acids is 1. The van der Waals surface area contributed by atoms with Crippen molar-refractivity contribution in [1.29, 1.82) is 5.26 Å². The molecule has 1 atom stereocenters. The number of methoxy groups -OCH3 is 2. The summed E-state index contributed by atoms with van der Waals surface area (Å²) in [5, 5.41) is 10.8. The summed E-state index contributed by atoms with van der Waals surface area (Å²) in [5.74, 6) is 2.24. The molecular formula is C27H22N2O5. The van der Waals surface area contributed by atoms with E-state index < -0.39 is 5.54 Å². The molecule has 0 fully saturated rings. The molecular weight excluding hydrogens is 432 g/mol. The highest BCUT2D eigenvalue weighted by Gasteiger charge is 2.51. The van der Waals surface area contributed by atoms with Crippen LogP contribution in [0.4, 0.5) is 0 Å². The van der Waals surface area contributed by atoms with Gasteiger partial charge in [0.05, 0.1) is 20.3 Å². The van der Waals surface area contributed by atoms with Crippen LogP contribution in [0, 0.1) is 11.3 Å². The standard InChI is InChI=1S/C27H22N2O5/c1-31-22-10-17-8-9-29(26(30)16-6-4-3-5-7-16)27(14-28)13-18-11-20-21(34-15-33-20)12-19(18)23(24(17)27)25(22)32-2/h3-7,10-12H,8-9,13,15H2,1-2H3/t27-/m1/s1. The topological polar surface area (TPSA) is 81.0 Å². The molecule has 7 nitrogen and oxygen atoms in total. The van der Waals surface area contributed by atoms with Crippen LogP contribution in [-0.4, -0.2) is 38.4 Å². The quantitative estimate of drug-likeness (QED) is 0.594. The Bertz CT molecular complexity index is 1380. The highest BCUT2D eigenvalue weighted by atomic mass is 16.7. The van der Waals surface area contributed by atoms with Crippen molar-refractivity contribution in [1.82, 2.24) is 4.90 Å². The molecule has 3 aromatic carbocycles. The van der Waals surface area contributed by atoms with Gasteiger partial charge in [-0.1, -0.05) is 18.2 Å². The van der Waals surface area contributed by atoms with E-state index in [-0.39, 0.29) is 12.7 Å². The minimum atomic E-state index is -1.20. The largest absolute Gasteiger partial charge is 0.493 e. The third-order valence-electron chi connectivity index (χ3n) is 7.00. The van der Waals surface area contributed by atoms with Crippen molar-refractivity contribution in [2.24, 2.45) is 0 Å². The second kappa shape index (κ2) is 7.42. The number of nitriles is 1. The molecule has 7 heteroatoms. The van der Waals surface area contributed by atoms with Crippen LogP contribution in [0.2, 0.25) is 0 Å². The van der Waals surface area contributed by atoms with E-state index in [1.54, 1.807) is 31.3 Å². The Hall–Kier alpha value is -4.18. The summed E-state index contributed by atoms with van der Waals surface area (Å²) in [5.41, 5.74) is 3.70. The minimum Gasteiger partial charge on any atom is -0.493 e. The van der Waals surface area contributed by atoms with Crippen molar-refractivity contribution >= 4 is 5.91 Å². The maximum atomic E-state index is 13.7. The molecule has 0 spiro atoms. The van der Waals surface area contributed by atoms with E-state index in [2.05, 4.69) is 6.07 Å². The van der Waals surface area contributed by atoms with Gasteiger partial charge in [-0.15, -0.1) is 0 Å². The molecule has 6 rings (SSSR count). The Balaban J connectivity index is 1.65. The molecule has 2 heterocycles. The molecule has 2 aliphatic heterocycles. The lowest BCUT2D eigenvalue weighted by Gasteiger charge is -2.47. The zero-order chi connectivity index (χ0) is 23.4. The molecule has 1 aliphatic carbocycles. The number of fused-ring (bicyclic) bond motifs is 3. The first kappa shape index (κ1) is 20.4. The summed E-state index contributed by atoms with van der Waals surface area (Å²) < 4.78 is 22.8. The van der Waals surface area contributed by atoms with E-state index in [0.29, 0.717) is 47.9 Å². The lowest BCUT2D eigenvalue weighted by atomic mass is 9.68. The van der Waals surface area contributed by atoms with Crippen molar-refractivity contribution in [2.75, 3.05) is 27.6 Å². The summed E-state index contributed by atoms with van der Waals surface area (Å²) in [4.78, 5) is 15.4. The van der Waals surface area contributed by atoms with E-state index in [4.69, 9.17) is 18.9 Å². The lowest BCUT2D eigenvalue weighted by Crippen LogP contribution is -2.55. The predicted octanol–water partition coefficient (Wildman–Crippen LogP) is 4.07. The summed E-state index contributed by atoms with van der Waals surface area (Å²) in [6.07, 6.45) is 0.939. The van der Waals surface area contributed by atoms with Gasteiger partial charge in [0.15, 0.2) is 28.5 Å². The molecule has 3 aromatic rings. The predicted molar refractivity (Wildman–Crippen MR) is 123 cm³/mol. The summed E-state index contributed by atoms with van der Waals surface area (Å²) in [6.45, 7) is 0.566. The molecule has 0 saturated heterocycles. The van der Waals surface area contributed by atoms with Crippen LogP contribution in [0.15, 0.2) is 48.5 Å². The normalized spacial score (nSPS) is 19.0. The number of ether oxygens (including phenoxy) is 4. The van der Waals surface area contributed by atoms with Crippen molar-refractivity contribution in [3.05, 3.63) is 70.8 Å². The highest BCUT2D eigenvalue weighted by Crippen LogP contribution is 2.56. The van der Waals surface area contributed by atoms with Crippen molar-refractivity contribution in [2.45, 2.75) is 18.4 Å². The molecule has 0 bridgehead atoms. The number of nitrogens with zero attached hydrogens (tertiary/aromatic N) is 2. The summed E-state index contributed by atoms with van der Waals surface area (Å²) >= 11 is 0. The van der Waals surface area contributed by atoms with Gasteiger partial charge < -0.3 is 23.8 Å². The van der Waals surface area contributed by atoms with Gasteiger partial charge in [-0.2, -0.15) is 5.26 Å². The van der Waals surface area contributed by atoms with Gasteiger partial charge in [-0.3, -0.25) is 4.79 Å². The molecule has 0 unspecified atom stereocenters. The SMILES string of the molecule is COc1cc2c3c(c1OC)-c1cc4c(cc1C[C@]3(C#N)N(C(=O)c1ccccc1)CC2)OCO4. The van der Waals surface area contributed by atoms with Crippen molar-refractivity contribution < 1.29 is 23.7 Å². The van der Waals surface area contributed by atoms with E-state index in [1.165, 1.54) is 0 Å². The summed E-state index contributed by atoms with van der Waals surface area (Å²) in [7, 11) is 3.19. The van der Waals surface area contributed by atoms with Crippen molar-refractivity contribution in [3.63, 3.8) is 0 Å². The zero-order valence-electron chi connectivity index (χ0n) is 18.9. The Kier molecular flexibility index (Phi) is 4.46. The van der Waals surface area contributed by atoms with Crippen LogP contribution < -0.4 is 18.9 Å². The number of hydrogen-bond acceptors (Lipinski definition) is 6. The Morgan fingerprint density at radius 1 is 1.06 bits per heavy atom. The first-order chi connectivity index (χ1) is 16.6. The molecule has 34 heavy (non-hydrogen) atoms. The fourth-order valence-electron chi connectivity index (χ4n) is 5.52. The monoisotopic (exact) mass is 454 g/mol. The number of benzene rings is 3. The highest BCUT2D eigenvalue weighted by molar-refractivity contribution is 5.97. The average Bonchev–Trinajstić information content (AvgIpc) is 3.34. The maximum Gasteiger partial charge on any atom is 0.255 e. The van der Waals surface area contributed by atoms with Crippen LogP contribution in [0.1, 0.15) is 27.0 Å². The third kappa shape index (κ3) is 2.65. The number of amides is 1. The van der Waals surface area contributed by atoms with Gasteiger partial charge >= 0.3 is 0 Å². The molecule has 170 valence electrons. The van der Waals surface area contributed by atoms with E-state index >= 15 is 0 Å². The van der Waals surface area contributed by atoms with Crippen molar-refractivity contribution in [3.8, 4) is 40.2 Å². The van der Waals surface area contributed by atoms with Crippen LogP contribution in [-0.2, 0) is 18.4 Å². The molecule has 0 saturated carbocycles. The molecule has 0 N–H and O–H groups in total. The molecule has 3 aliphatic rings. The molecule has 1 amide bonds. The number of carbonyl (C=O) groups is 1. The lowest BCUT2D eigenvalue weighted by molar-refractivity contribution is 0.0548. The first-order valence-electron chi connectivity index (χ1n) is 11.1. The van der Waals surface area contributed by atoms with Crippen LogP contribution in [0.5, 0.6) is 23.0 Å². The Morgan fingerprint density at radius 2 is 1.82 bits per heavy atom. The fraction of sp³-hybridized carbons (Fsp3) is 0.259. The number of rotatable bonds is 3. The van der Waals surface area contributed by atoms with E-state index in [1.807, 2.05) is 36.4 Å². The van der Waals surface area contributed by atoms with Crippen LogP contribution in [0.25, 0.3) is 11.1 Å². The van der Waals surface area contributed by atoms with Gasteiger partial charge in [0, 0.05) is 29.7 Å². The summed E-state index contributed by atoms with van der Waals surface area (Å²) in [6, 6.07) is 17.4. The smallest absolute Gasteiger partial charge is 0.255 e. The number of hydrogen-bond donors (Lipinski definition) is 0. The van der Waals surface area contributed by atoms with Gasteiger partial charge in [-0.25, -0.2) is 0 Å². The Labute approximate surface area is 197 Å². The second-order valence-corrected chi connectivity index (χ2v) is 8.61. The molecule has 0 radical (unpaired) electrons. The van der Waals surface area contributed by atoms with Crippen LogP contribution in [0.3, 0.4) is 0 Å². The van der Waals surface area contributed by atoms with E-state index in [9.17, 15) is 10.1 Å². The minimum absolute atomic E-state index is 0.146. The first-order valence-corrected chi connectivity index (χ1v) is 11.1. The van der Waals surface area contributed by atoms with Gasteiger partial charge in [-0.05, 0) is 53.4 Å². The molecule has 0 aromatic heterocycles. The Morgan fingerprint density at radius 3 is 2.53 bits per heavy atom. The average molecular weight is 454 g/mol. The van der Waals surface area contributed by atoms with Gasteiger partial charge in [0.25, 0.3) is 5.91 Å². The zero-order valence-corrected chi connectivity index (χ0v) is 18.9. The third-order valence-corrected chi connectivity index (χ3v) is 7.00. The fourth-order valence-corrected chi connectivity index (χ4v) is 5.52.